The van der Waals surface area contributed by atoms with Gasteiger partial charge in [-0.25, -0.2) is 4.58 Å². The highest BCUT2D eigenvalue weighted by Crippen LogP contribution is 2.43. The standard InChI is InChI=1S/C24H28N2O4/c1-5-25(6-2)15-9-11-17(19(27)13-15)21-23(29)22(24(21)30)18-12-10-16(14-20(18)28)26(7-3)8-4/h9-14H,5-8H2,1-4H3,(H2,27,28,29,30)/p+1. The first kappa shape index (κ1) is 21.4. The number of hydrogen-bond donors (Lipinski definition) is 3. The summed E-state index contributed by atoms with van der Waals surface area (Å²) in [5.74, 6) is -0.732. The Kier molecular flexibility index (Phi) is 6.15. The fraction of sp³-hybridized carbons (Fsp3) is 0.333. The van der Waals surface area contributed by atoms with Gasteiger partial charge in [0.25, 0.3) is 0 Å². The van der Waals surface area contributed by atoms with E-state index in [2.05, 4.69) is 9.48 Å². The van der Waals surface area contributed by atoms with E-state index >= 15 is 0 Å². The van der Waals surface area contributed by atoms with Gasteiger partial charge in [-0.1, -0.05) is 0 Å². The smallest absolute Gasteiger partial charge is 0.203 e. The number of aliphatic hydroxyl groups excluding tert-OH is 2. The molecule has 3 rings (SSSR count). The van der Waals surface area contributed by atoms with Crippen LogP contribution in [0.1, 0.15) is 33.3 Å². The Bertz CT molecular complexity index is 1030. The first-order chi connectivity index (χ1) is 14.4. The molecule has 0 heterocycles. The van der Waals surface area contributed by atoms with E-state index in [4.69, 9.17) is 0 Å². The zero-order valence-corrected chi connectivity index (χ0v) is 17.9. The van der Waals surface area contributed by atoms with Gasteiger partial charge in [-0.3, -0.25) is 4.79 Å². The maximum atomic E-state index is 12.8. The van der Waals surface area contributed by atoms with Crippen molar-refractivity contribution in [2.75, 3.05) is 31.1 Å². The molecule has 1 aromatic carbocycles. The number of carbonyl (C=O) groups is 1. The maximum Gasteiger partial charge on any atom is 0.203 e. The van der Waals surface area contributed by atoms with E-state index in [0.29, 0.717) is 0 Å². The number of aliphatic hydroxyl groups is 2. The second-order valence-electron chi connectivity index (χ2n) is 7.18. The number of anilines is 1. The molecule has 0 unspecified atom stereocenters. The summed E-state index contributed by atoms with van der Waals surface area (Å²) in [5.41, 5.74) is 2.42. The molecule has 0 aliphatic heterocycles. The Morgan fingerprint density at radius 2 is 1.60 bits per heavy atom. The van der Waals surface area contributed by atoms with Gasteiger partial charge in [0, 0.05) is 42.1 Å². The summed E-state index contributed by atoms with van der Waals surface area (Å²) in [5, 5.41) is 31.6. The van der Waals surface area contributed by atoms with Crippen LogP contribution in [0.3, 0.4) is 0 Å². The van der Waals surface area contributed by atoms with Crippen molar-refractivity contribution in [2.45, 2.75) is 27.7 Å². The fourth-order valence-corrected chi connectivity index (χ4v) is 3.94. The summed E-state index contributed by atoms with van der Waals surface area (Å²) < 4.78 is 2.08. The molecule has 2 aliphatic rings. The number of benzene rings is 1. The number of phenols is 1. The summed E-state index contributed by atoms with van der Waals surface area (Å²) in [6.07, 6.45) is 5.07. The second-order valence-corrected chi connectivity index (χ2v) is 7.18. The minimum atomic E-state index is -0.399. The van der Waals surface area contributed by atoms with E-state index in [1.54, 1.807) is 24.3 Å². The molecule has 30 heavy (non-hydrogen) atoms. The van der Waals surface area contributed by atoms with Crippen LogP contribution < -0.4 is 4.90 Å². The Morgan fingerprint density at radius 3 is 2.10 bits per heavy atom. The van der Waals surface area contributed by atoms with Crippen molar-refractivity contribution in [1.82, 2.24) is 0 Å². The first-order valence-electron chi connectivity index (χ1n) is 10.4. The lowest BCUT2D eigenvalue weighted by molar-refractivity contribution is -0.519. The van der Waals surface area contributed by atoms with Crippen molar-refractivity contribution >= 4 is 22.8 Å². The predicted molar refractivity (Wildman–Crippen MR) is 119 cm³/mol. The van der Waals surface area contributed by atoms with Crippen molar-refractivity contribution < 1.29 is 24.7 Å². The molecule has 0 saturated carbocycles. The average Bonchev–Trinajstić information content (AvgIpc) is 2.73. The molecular formula is C24H29N2O4+. The van der Waals surface area contributed by atoms with Crippen LogP contribution in [0, 0.1) is 0 Å². The molecule has 0 radical (unpaired) electrons. The van der Waals surface area contributed by atoms with Crippen LogP contribution in [0.15, 0.2) is 59.1 Å². The molecule has 3 N–H and O–H groups in total. The first-order valence-corrected chi connectivity index (χ1v) is 10.4. The van der Waals surface area contributed by atoms with E-state index in [1.165, 1.54) is 0 Å². The highest BCUT2D eigenvalue weighted by Gasteiger charge is 2.39. The molecule has 6 nitrogen and oxygen atoms in total. The maximum absolute atomic E-state index is 12.8. The van der Waals surface area contributed by atoms with Gasteiger partial charge in [-0.15, -0.1) is 0 Å². The third-order valence-corrected chi connectivity index (χ3v) is 5.69. The number of ketones is 1. The lowest BCUT2D eigenvalue weighted by atomic mass is 9.79. The van der Waals surface area contributed by atoms with Gasteiger partial charge in [0.15, 0.2) is 0 Å². The van der Waals surface area contributed by atoms with Gasteiger partial charge in [-0.05, 0) is 45.9 Å². The molecular weight excluding hydrogens is 380 g/mol. The molecule has 0 aromatic heterocycles. The minimum Gasteiger partial charge on any atom is -0.507 e. The number of phenolic OH excluding ortho intramolecular Hbond substituents is 1. The lowest BCUT2D eigenvalue weighted by Gasteiger charge is -2.26. The highest BCUT2D eigenvalue weighted by atomic mass is 16.3. The van der Waals surface area contributed by atoms with Crippen LogP contribution >= 0.6 is 0 Å². The second kappa shape index (κ2) is 8.61. The molecule has 0 amide bonds. The number of hydrogen-bond acceptors (Lipinski definition) is 5. The Labute approximate surface area is 177 Å². The van der Waals surface area contributed by atoms with Crippen molar-refractivity contribution in [3.05, 3.63) is 64.7 Å². The van der Waals surface area contributed by atoms with Crippen molar-refractivity contribution in [3.8, 4) is 5.75 Å². The van der Waals surface area contributed by atoms with Crippen LogP contribution in [0.2, 0.25) is 0 Å². The molecule has 1 aromatic rings. The Hall–Kier alpha value is -3.28. The highest BCUT2D eigenvalue weighted by molar-refractivity contribution is 6.40. The van der Waals surface area contributed by atoms with E-state index in [-0.39, 0.29) is 39.6 Å². The van der Waals surface area contributed by atoms with Gasteiger partial charge in [0.05, 0.1) is 17.2 Å². The molecule has 158 valence electrons. The van der Waals surface area contributed by atoms with Crippen molar-refractivity contribution in [1.29, 1.82) is 0 Å². The van der Waals surface area contributed by atoms with E-state index in [9.17, 15) is 20.1 Å². The molecule has 0 bridgehead atoms. The summed E-state index contributed by atoms with van der Waals surface area (Å²) in [6.45, 7) is 11.3. The lowest BCUT2D eigenvalue weighted by Crippen LogP contribution is -2.25. The zero-order chi connectivity index (χ0) is 22.0. The number of aromatic hydroxyl groups is 1. The van der Waals surface area contributed by atoms with Crippen molar-refractivity contribution in [3.63, 3.8) is 0 Å². The number of nitrogens with zero attached hydrogens (tertiary/aromatic N) is 2. The number of Topliss-reactive ketones (excluding diaryl/α,β-unsaturated/α-hetero) is 1. The van der Waals surface area contributed by atoms with E-state index in [0.717, 1.165) is 37.6 Å². The topological polar surface area (TPSA) is 84.0 Å². The third kappa shape index (κ3) is 3.54. The van der Waals surface area contributed by atoms with Crippen LogP contribution in [0.4, 0.5) is 5.69 Å². The van der Waals surface area contributed by atoms with Crippen LogP contribution in [-0.4, -0.2) is 57.6 Å². The average molecular weight is 410 g/mol. The van der Waals surface area contributed by atoms with Crippen LogP contribution in [0.25, 0.3) is 5.57 Å². The van der Waals surface area contributed by atoms with E-state index in [1.807, 2.05) is 39.8 Å². The summed E-state index contributed by atoms with van der Waals surface area (Å²) >= 11 is 0. The summed E-state index contributed by atoms with van der Waals surface area (Å²) in [7, 11) is 0. The minimum absolute atomic E-state index is 0.0607. The van der Waals surface area contributed by atoms with Gasteiger partial charge in [0.2, 0.25) is 11.5 Å². The van der Waals surface area contributed by atoms with Gasteiger partial charge in [0.1, 0.15) is 30.4 Å². The molecule has 0 fully saturated rings. The Balaban J connectivity index is 2.00. The fourth-order valence-electron chi connectivity index (χ4n) is 3.94. The van der Waals surface area contributed by atoms with Gasteiger partial charge in [-0.2, -0.15) is 0 Å². The molecule has 2 aliphatic carbocycles. The zero-order valence-electron chi connectivity index (χ0n) is 17.9. The number of carbonyl (C=O) groups excluding carboxylic acids is 1. The largest absolute Gasteiger partial charge is 0.507 e. The normalized spacial score (nSPS) is 18.5. The summed E-state index contributed by atoms with van der Waals surface area (Å²) in [6, 6.07) is 5.07. The quantitative estimate of drug-likeness (QED) is 0.490. The molecule has 0 atom stereocenters. The van der Waals surface area contributed by atoms with Crippen LogP contribution in [0.5, 0.6) is 5.75 Å². The van der Waals surface area contributed by atoms with Gasteiger partial charge >= 0.3 is 0 Å². The van der Waals surface area contributed by atoms with Gasteiger partial charge < -0.3 is 20.2 Å². The van der Waals surface area contributed by atoms with E-state index < -0.39 is 5.78 Å². The number of allylic oxidation sites excluding steroid dienone is 5. The van der Waals surface area contributed by atoms with Crippen molar-refractivity contribution in [2.24, 2.45) is 0 Å². The monoisotopic (exact) mass is 409 g/mol. The molecule has 0 saturated heterocycles. The summed E-state index contributed by atoms with van der Waals surface area (Å²) in [4.78, 5) is 14.9. The van der Waals surface area contributed by atoms with Crippen LogP contribution in [-0.2, 0) is 4.79 Å². The predicted octanol–water partition coefficient (Wildman–Crippen LogP) is 3.89. The number of rotatable bonds is 6. The third-order valence-electron chi connectivity index (χ3n) is 5.69. The Morgan fingerprint density at radius 1 is 0.933 bits per heavy atom. The molecule has 0 spiro atoms. The molecule has 6 heteroatoms. The SMILES string of the molecule is CCN(CC)c1ccc(C2=C(O)/C(=C3/C=CC(=[N+](CC)CC)C=C3O)C2=O)c(O)c1.